The van der Waals surface area contributed by atoms with Gasteiger partial charge in [-0.2, -0.15) is 0 Å². The summed E-state index contributed by atoms with van der Waals surface area (Å²) >= 11 is 0. The largest absolute Gasteiger partial charge is 0.373 e. The lowest BCUT2D eigenvalue weighted by Crippen LogP contribution is -2.25. The van der Waals surface area contributed by atoms with Crippen LogP contribution in [0.4, 0.5) is 11.5 Å². The second-order valence-corrected chi connectivity index (χ2v) is 11.2. The van der Waals surface area contributed by atoms with Gasteiger partial charge >= 0.3 is 0 Å². The van der Waals surface area contributed by atoms with Gasteiger partial charge in [-0.1, -0.05) is 108 Å². The van der Waals surface area contributed by atoms with Crippen molar-refractivity contribution in [2.45, 2.75) is 53.4 Å². The number of benzene rings is 1. The molecule has 1 aromatic carbocycles. The number of aryl methyl sites for hydroxylation is 1. The van der Waals surface area contributed by atoms with Gasteiger partial charge in [-0.3, -0.25) is 0 Å². The summed E-state index contributed by atoms with van der Waals surface area (Å²) < 4.78 is 2.08. The quantitative estimate of drug-likeness (QED) is 0.195. The van der Waals surface area contributed by atoms with Crippen LogP contribution < -0.4 is 10.2 Å². The fourth-order valence-electron chi connectivity index (χ4n) is 4.47. The van der Waals surface area contributed by atoms with Crippen LogP contribution in [0.5, 0.6) is 0 Å². The molecule has 0 amide bonds. The number of allylic oxidation sites excluding steroid dienone is 2. The van der Waals surface area contributed by atoms with Crippen molar-refractivity contribution in [3.05, 3.63) is 110 Å². The van der Waals surface area contributed by atoms with Crippen molar-refractivity contribution in [2.24, 2.45) is 12.5 Å². The van der Waals surface area contributed by atoms with Crippen molar-refractivity contribution in [2.75, 3.05) is 30.4 Å². The fourth-order valence-corrected chi connectivity index (χ4v) is 4.47. The Labute approximate surface area is 243 Å². The Morgan fingerprint density at radius 2 is 1.62 bits per heavy atom. The maximum atomic E-state index is 4.42. The predicted molar refractivity (Wildman–Crippen MR) is 177 cm³/mol. The van der Waals surface area contributed by atoms with Crippen LogP contribution in [0.2, 0.25) is 0 Å². The lowest BCUT2D eigenvalue weighted by atomic mass is 9.90. The van der Waals surface area contributed by atoms with Gasteiger partial charge in [-0.25, -0.2) is 4.98 Å². The number of nitrogens with zero attached hydrogens (tertiary/aromatic N) is 3. The highest BCUT2D eigenvalue weighted by Gasteiger charge is 2.11. The van der Waals surface area contributed by atoms with Gasteiger partial charge in [0.05, 0.1) is 17.6 Å². The van der Waals surface area contributed by atoms with Crippen LogP contribution in [0.15, 0.2) is 104 Å². The lowest BCUT2D eigenvalue weighted by molar-refractivity contribution is 0.360. The van der Waals surface area contributed by atoms with Crippen LogP contribution >= 0.6 is 0 Å². The summed E-state index contributed by atoms with van der Waals surface area (Å²) in [6.07, 6.45) is 10.8. The molecule has 4 nitrogen and oxygen atoms in total. The van der Waals surface area contributed by atoms with E-state index in [-0.39, 0.29) is 0 Å². The molecule has 0 atom stereocenters. The van der Waals surface area contributed by atoms with E-state index in [1.807, 2.05) is 75.0 Å². The molecule has 0 bridgehead atoms. The van der Waals surface area contributed by atoms with Crippen LogP contribution in [0, 0.1) is 5.41 Å². The van der Waals surface area contributed by atoms with Crippen LogP contribution in [0.25, 0.3) is 16.7 Å². The lowest BCUT2D eigenvalue weighted by Gasteiger charge is -2.25. The van der Waals surface area contributed by atoms with Gasteiger partial charge in [0.1, 0.15) is 5.82 Å². The van der Waals surface area contributed by atoms with Gasteiger partial charge in [0.25, 0.3) is 0 Å². The minimum Gasteiger partial charge on any atom is -0.373 e. The molecule has 0 aliphatic heterocycles. The Morgan fingerprint density at radius 3 is 2.23 bits per heavy atom. The van der Waals surface area contributed by atoms with Gasteiger partial charge < -0.3 is 14.8 Å². The Hall–Kier alpha value is -3.79. The van der Waals surface area contributed by atoms with Gasteiger partial charge in [-0.05, 0) is 54.0 Å². The molecular formula is C36H50N4. The highest BCUT2D eigenvalue weighted by molar-refractivity contribution is 5.81. The van der Waals surface area contributed by atoms with Crippen molar-refractivity contribution in [1.82, 2.24) is 9.55 Å². The summed E-state index contributed by atoms with van der Waals surface area (Å²) in [6, 6.07) is 24.7. The Bertz CT molecular complexity index is 1220. The highest BCUT2D eigenvalue weighted by Crippen LogP contribution is 2.27. The third-order valence-corrected chi connectivity index (χ3v) is 6.62. The van der Waals surface area contributed by atoms with E-state index >= 15 is 0 Å². The third kappa shape index (κ3) is 11.1. The molecule has 0 aliphatic rings. The number of rotatable bonds is 11. The Kier molecular flexibility index (Phi) is 13.8. The van der Waals surface area contributed by atoms with Crippen molar-refractivity contribution >= 4 is 17.1 Å². The molecule has 0 saturated carbocycles. The second kappa shape index (κ2) is 17.0. The van der Waals surface area contributed by atoms with Gasteiger partial charge in [0, 0.05) is 38.9 Å². The van der Waals surface area contributed by atoms with E-state index in [1.165, 1.54) is 31.4 Å². The molecule has 0 spiro atoms. The van der Waals surface area contributed by atoms with Gasteiger partial charge in [-0.15, -0.1) is 0 Å². The summed E-state index contributed by atoms with van der Waals surface area (Å²) in [5, 5.41) is 3.06. The standard InChI is InChI=1S/C19H19N.C17H31N3/c1-4-16(2)19-18(17-12-8-7-9-13-17)14-10-5-6-11-15-20(19)3;1-6-12-20(13-8-7-11-17(2,3)4)15-9-10-16(18-5)19-14-15/h4-15H,1-2H2,3H3;9-10,14H,6-8,11-13H2,1-5H3,(H,18,19). The maximum Gasteiger partial charge on any atom is 0.125 e. The maximum absolute atomic E-state index is 4.42. The van der Waals surface area contributed by atoms with E-state index in [9.17, 15) is 0 Å². The fraction of sp³-hybridized carbons (Fsp3) is 0.361. The molecule has 214 valence electrons. The average molecular weight is 539 g/mol. The molecule has 2 aromatic heterocycles. The van der Waals surface area contributed by atoms with Crippen LogP contribution in [-0.4, -0.2) is 29.7 Å². The number of aromatic nitrogens is 2. The predicted octanol–water partition coefficient (Wildman–Crippen LogP) is 9.57. The SMILES string of the molecule is C=CC(=C)c1c(-c2ccccc2)ccccccn1C.CCCN(CCCCC(C)(C)C)c1ccc(NC)nc1. The monoisotopic (exact) mass is 538 g/mol. The minimum atomic E-state index is 0.450. The zero-order valence-corrected chi connectivity index (χ0v) is 25.7. The molecule has 0 aliphatic carbocycles. The summed E-state index contributed by atoms with van der Waals surface area (Å²) in [5.41, 5.74) is 5.95. The van der Waals surface area contributed by atoms with E-state index in [1.54, 1.807) is 6.08 Å². The first-order valence-corrected chi connectivity index (χ1v) is 14.4. The molecule has 3 aromatic rings. The first-order valence-electron chi connectivity index (χ1n) is 14.4. The third-order valence-electron chi connectivity index (χ3n) is 6.62. The van der Waals surface area contributed by atoms with Crippen molar-refractivity contribution < 1.29 is 0 Å². The summed E-state index contributed by atoms with van der Waals surface area (Å²) in [4.78, 5) is 6.87. The summed E-state index contributed by atoms with van der Waals surface area (Å²) in [7, 11) is 3.93. The molecule has 4 heteroatoms. The molecule has 0 radical (unpaired) electrons. The summed E-state index contributed by atoms with van der Waals surface area (Å²) in [5.74, 6) is 0.929. The zero-order chi connectivity index (χ0) is 29.4. The summed E-state index contributed by atoms with van der Waals surface area (Å²) in [6.45, 7) is 19.4. The van der Waals surface area contributed by atoms with Crippen LogP contribution in [-0.2, 0) is 7.05 Å². The van der Waals surface area contributed by atoms with E-state index in [0.29, 0.717) is 5.41 Å². The average Bonchev–Trinajstić information content (AvgIpc) is 3.05. The second-order valence-electron chi connectivity index (χ2n) is 11.2. The minimum absolute atomic E-state index is 0.450. The number of hydrogen-bond acceptors (Lipinski definition) is 3. The Balaban J connectivity index is 0.000000280. The number of anilines is 2. The van der Waals surface area contributed by atoms with E-state index in [2.05, 4.69) is 84.9 Å². The van der Waals surface area contributed by atoms with Crippen molar-refractivity contribution in [1.29, 1.82) is 0 Å². The highest BCUT2D eigenvalue weighted by atomic mass is 15.1. The molecule has 40 heavy (non-hydrogen) atoms. The van der Waals surface area contributed by atoms with E-state index in [0.717, 1.165) is 41.3 Å². The van der Waals surface area contributed by atoms with Crippen molar-refractivity contribution in [3.63, 3.8) is 0 Å². The van der Waals surface area contributed by atoms with E-state index < -0.39 is 0 Å². The first kappa shape index (κ1) is 32.4. The zero-order valence-electron chi connectivity index (χ0n) is 25.7. The molecule has 2 heterocycles. The molecule has 3 rings (SSSR count). The number of nitrogens with one attached hydrogen (secondary N) is 1. The smallest absolute Gasteiger partial charge is 0.125 e. The molecule has 0 unspecified atom stereocenters. The number of pyridine rings is 1. The normalized spacial score (nSPS) is 10.6. The van der Waals surface area contributed by atoms with E-state index in [4.69, 9.17) is 0 Å². The van der Waals surface area contributed by atoms with Crippen LogP contribution in [0.1, 0.15) is 59.1 Å². The molecule has 1 N–H and O–H groups in total. The van der Waals surface area contributed by atoms with Gasteiger partial charge in [0.15, 0.2) is 0 Å². The van der Waals surface area contributed by atoms with Crippen LogP contribution in [0.3, 0.4) is 0 Å². The van der Waals surface area contributed by atoms with Gasteiger partial charge in [0.2, 0.25) is 0 Å². The number of hydrogen-bond donors (Lipinski definition) is 1. The Morgan fingerprint density at radius 1 is 0.950 bits per heavy atom. The molecular weight excluding hydrogens is 488 g/mol. The molecule has 0 saturated heterocycles. The molecule has 0 fully saturated rings. The van der Waals surface area contributed by atoms with Crippen molar-refractivity contribution in [3.8, 4) is 11.1 Å². The first-order chi connectivity index (χ1) is 19.2. The topological polar surface area (TPSA) is 33.1 Å². The number of unbranched alkanes of at least 4 members (excludes halogenated alkanes) is 1.